The zero-order valence-corrected chi connectivity index (χ0v) is 15.5. The molecule has 0 amide bonds. The summed E-state index contributed by atoms with van der Waals surface area (Å²) in [6.45, 7) is 2.22. The number of benzene rings is 2. The number of aryl methyl sites for hydroxylation is 1. The van der Waals surface area contributed by atoms with E-state index in [1.165, 1.54) is 36.8 Å². The van der Waals surface area contributed by atoms with Crippen molar-refractivity contribution >= 4 is 34.1 Å². The van der Waals surface area contributed by atoms with Gasteiger partial charge in [-0.3, -0.25) is 0 Å². The maximum Gasteiger partial charge on any atom is 0.138 e. The van der Waals surface area contributed by atoms with E-state index in [-0.39, 0.29) is 5.82 Å². The van der Waals surface area contributed by atoms with Crippen molar-refractivity contribution < 1.29 is 4.39 Å². The van der Waals surface area contributed by atoms with Crippen molar-refractivity contribution in [2.45, 2.75) is 32.6 Å². The largest absolute Gasteiger partial charge is 0.339 e. The number of aromatic nitrogens is 2. The quantitative estimate of drug-likeness (QED) is 0.299. The first-order chi connectivity index (χ1) is 13.2. The van der Waals surface area contributed by atoms with Gasteiger partial charge in [0.2, 0.25) is 0 Å². The van der Waals surface area contributed by atoms with Crippen molar-refractivity contribution in [3.05, 3.63) is 77.2 Å². The van der Waals surface area contributed by atoms with E-state index in [1.54, 1.807) is 6.07 Å². The van der Waals surface area contributed by atoms with Crippen LogP contribution in [0.1, 0.15) is 43.0 Å². The molecule has 3 heteroatoms. The Balaban J connectivity index is 1.64. The molecule has 0 fully saturated rings. The smallest absolute Gasteiger partial charge is 0.138 e. The molecule has 0 bridgehead atoms. The number of hydrogen-bond donors (Lipinski definition) is 1. The summed E-state index contributed by atoms with van der Waals surface area (Å²) in [5.41, 5.74) is 5.12. The van der Waals surface area contributed by atoms with Gasteiger partial charge in [-0.2, -0.15) is 0 Å². The fourth-order valence-corrected chi connectivity index (χ4v) is 3.44. The average Bonchev–Trinajstić information content (AvgIpc) is 3.04. The van der Waals surface area contributed by atoms with Crippen molar-refractivity contribution in [2.24, 2.45) is 0 Å². The second kappa shape index (κ2) is 7.75. The molecule has 2 aromatic carbocycles. The van der Waals surface area contributed by atoms with Crippen LogP contribution < -0.4 is 0 Å². The molecule has 2 nitrogen and oxygen atoms in total. The number of hydrogen-bond acceptors (Lipinski definition) is 1. The van der Waals surface area contributed by atoms with Crippen LogP contribution in [-0.2, 0) is 6.42 Å². The Morgan fingerprint density at radius 3 is 2.59 bits per heavy atom. The Labute approximate surface area is 158 Å². The summed E-state index contributed by atoms with van der Waals surface area (Å²) < 4.78 is 13.3. The molecule has 2 aromatic heterocycles. The van der Waals surface area contributed by atoms with Crippen LogP contribution in [0, 0.1) is 5.82 Å². The zero-order chi connectivity index (χ0) is 18.6. The minimum Gasteiger partial charge on any atom is -0.339 e. The third-order valence-electron chi connectivity index (χ3n) is 4.89. The molecular weight excluding hydrogens is 335 g/mol. The normalized spacial score (nSPS) is 11.8. The molecule has 0 aliphatic heterocycles. The Kier molecular flexibility index (Phi) is 5.01. The van der Waals surface area contributed by atoms with Crippen molar-refractivity contribution in [3.63, 3.8) is 0 Å². The second-order valence-electron chi connectivity index (χ2n) is 6.97. The van der Waals surface area contributed by atoms with Crippen LogP contribution in [0.3, 0.4) is 0 Å². The first-order valence-electron chi connectivity index (χ1n) is 9.58. The minimum atomic E-state index is -0.218. The maximum absolute atomic E-state index is 13.3. The number of halogens is 1. The number of unbranched alkanes of at least 4 members (excludes halogenated alkanes) is 2. The number of H-pyrrole nitrogens is 1. The second-order valence-corrected chi connectivity index (χ2v) is 6.97. The van der Waals surface area contributed by atoms with Gasteiger partial charge in [-0.25, -0.2) is 9.37 Å². The summed E-state index contributed by atoms with van der Waals surface area (Å²) >= 11 is 0. The van der Waals surface area contributed by atoms with Gasteiger partial charge >= 0.3 is 0 Å². The van der Waals surface area contributed by atoms with Gasteiger partial charge in [-0.15, -0.1) is 0 Å². The Hall–Kier alpha value is -2.94. The first-order valence-corrected chi connectivity index (χ1v) is 9.58. The Morgan fingerprint density at radius 2 is 1.78 bits per heavy atom. The highest BCUT2D eigenvalue weighted by Gasteiger charge is 2.07. The molecule has 0 saturated carbocycles. The van der Waals surface area contributed by atoms with Gasteiger partial charge in [0, 0.05) is 22.0 Å². The van der Waals surface area contributed by atoms with E-state index < -0.39 is 0 Å². The zero-order valence-electron chi connectivity index (χ0n) is 15.5. The van der Waals surface area contributed by atoms with Crippen LogP contribution in [-0.4, -0.2) is 9.97 Å². The average molecular weight is 358 g/mol. The van der Waals surface area contributed by atoms with Crippen LogP contribution in [0.5, 0.6) is 0 Å². The molecular formula is C24H23FN2. The lowest BCUT2D eigenvalue weighted by Gasteiger charge is -2.00. The van der Waals surface area contributed by atoms with Gasteiger partial charge in [0.25, 0.3) is 0 Å². The highest BCUT2D eigenvalue weighted by Crippen LogP contribution is 2.26. The Bertz CT molecular complexity index is 1110. The minimum absolute atomic E-state index is 0.218. The van der Waals surface area contributed by atoms with Crippen molar-refractivity contribution in [2.75, 3.05) is 0 Å². The van der Waals surface area contributed by atoms with Crippen molar-refractivity contribution in [3.8, 4) is 0 Å². The van der Waals surface area contributed by atoms with Crippen LogP contribution in [0.15, 0.2) is 54.6 Å². The molecule has 4 aromatic rings. The molecule has 0 aliphatic carbocycles. The summed E-state index contributed by atoms with van der Waals surface area (Å²) in [7, 11) is 0. The van der Waals surface area contributed by atoms with E-state index in [0.29, 0.717) is 0 Å². The summed E-state index contributed by atoms with van der Waals surface area (Å²) in [6, 6.07) is 17.2. The van der Waals surface area contributed by atoms with Gasteiger partial charge in [0.1, 0.15) is 11.5 Å². The van der Waals surface area contributed by atoms with Gasteiger partial charge in [-0.05, 0) is 60.4 Å². The molecule has 136 valence electrons. The molecule has 0 atom stereocenters. The van der Waals surface area contributed by atoms with Gasteiger partial charge in [0.05, 0.1) is 0 Å². The molecule has 0 spiro atoms. The van der Waals surface area contributed by atoms with Crippen LogP contribution >= 0.6 is 0 Å². The summed E-state index contributed by atoms with van der Waals surface area (Å²) in [5, 5.41) is 2.31. The standard InChI is InChI=1S/C24H23FN2/c1-2-3-4-8-20-12-13-21-22-16-18(11-14-23(22)27-24(21)26-20)10-9-17-6-5-7-19(25)15-17/h5-7,9-16H,2-4,8H2,1H3,(H,26,27). The maximum atomic E-state index is 13.3. The van der Waals surface area contributed by atoms with E-state index in [0.717, 1.165) is 39.8 Å². The molecule has 2 heterocycles. The number of rotatable bonds is 6. The van der Waals surface area contributed by atoms with Gasteiger partial charge < -0.3 is 4.98 Å². The molecule has 1 N–H and O–H groups in total. The molecule has 0 aliphatic rings. The Morgan fingerprint density at radius 1 is 0.926 bits per heavy atom. The van der Waals surface area contributed by atoms with Crippen LogP contribution in [0.25, 0.3) is 34.1 Å². The molecule has 0 radical (unpaired) electrons. The fourth-order valence-electron chi connectivity index (χ4n) is 3.44. The van der Waals surface area contributed by atoms with Crippen LogP contribution in [0.4, 0.5) is 4.39 Å². The summed E-state index contributed by atoms with van der Waals surface area (Å²) in [4.78, 5) is 8.23. The molecule has 27 heavy (non-hydrogen) atoms. The van der Waals surface area contributed by atoms with Gasteiger partial charge in [-0.1, -0.05) is 50.1 Å². The lowest BCUT2D eigenvalue weighted by molar-refractivity contribution is 0.627. The van der Waals surface area contributed by atoms with E-state index in [1.807, 2.05) is 18.2 Å². The predicted octanol–water partition coefficient (Wildman–Crippen LogP) is 6.76. The summed E-state index contributed by atoms with van der Waals surface area (Å²) in [5.74, 6) is -0.218. The fraction of sp³-hybridized carbons (Fsp3) is 0.208. The third-order valence-corrected chi connectivity index (χ3v) is 4.89. The van der Waals surface area contributed by atoms with Crippen LogP contribution in [0.2, 0.25) is 0 Å². The van der Waals surface area contributed by atoms with Crippen molar-refractivity contribution in [1.29, 1.82) is 0 Å². The number of fused-ring (bicyclic) bond motifs is 3. The molecule has 0 unspecified atom stereocenters. The monoisotopic (exact) mass is 358 g/mol. The predicted molar refractivity (Wildman–Crippen MR) is 112 cm³/mol. The van der Waals surface area contributed by atoms with E-state index in [9.17, 15) is 4.39 Å². The topological polar surface area (TPSA) is 28.7 Å². The highest BCUT2D eigenvalue weighted by molar-refractivity contribution is 6.06. The lowest BCUT2D eigenvalue weighted by Crippen LogP contribution is -1.90. The van der Waals surface area contributed by atoms with E-state index >= 15 is 0 Å². The third kappa shape index (κ3) is 3.92. The molecule has 0 saturated heterocycles. The number of aromatic amines is 1. The highest BCUT2D eigenvalue weighted by atomic mass is 19.1. The van der Waals surface area contributed by atoms with Crippen molar-refractivity contribution in [1.82, 2.24) is 9.97 Å². The number of nitrogens with one attached hydrogen (secondary N) is 1. The molecule has 4 rings (SSSR count). The SMILES string of the molecule is CCCCCc1ccc2c(n1)[nH]c1ccc(C=Cc3cccc(F)c3)cc12. The first kappa shape index (κ1) is 17.5. The van der Waals surface area contributed by atoms with Gasteiger partial charge in [0.15, 0.2) is 0 Å². The lowest BCUT2D eigenvalue weighted by atomic mass is 10.1. The number of pyridine rings is 1. The number of nitrogens with zero attached hydrogens (tertiary/aromatic N) is 1. The summed E-state index contributed by atoms with van der Waals surface area (Å²) in [6.07, 6.45) is 8.63. The van der Waals surface area contributed by atoms with E-state index in [2.05, 4.69) is 42.2 Å². The van der Waals surface area contributed by atoms with E-state index in [4.69, 9.17) is 4.98 Å².